The molecule has 2 aromatic carbocycles. The largest absolute Gasteiger partial charge is 0.489 e. The molecule has 0 radical (unpaired) electrons. The number of hydrogen-bond donors (Lipinski definition) is 1. The number of nitrogens with one attached hydrogen (secondary N) is 1. The number of rotatable bonds is 8. The van der Waals surface area contributed by atoms with Gasteiger partial charge in [0, 0.05) is 11.9 Å². The maximum absolute atomic E-state index is 13.2. The maximum Gasteiger partial charge on any atom is 0.416 e. The van der Waals surface area contributed by atoms with Crippen molar-refractivity contribution in [3.8, 4) is 5.75 Å². The highest BCUT2D eigenvalue weighted by atomic mass is 19.4. The average molecular weight is 454 g/mol. The number of nitrogens with zero attached hydrogens (tertiary/aromatic N) is 1. The average Bonchev–Trinajstić information content (AvgIpc) is 3.44. The monoisotopic (exact) mass is 454 g/mol. The van der Waals surface area contributed by atoms with Gasteiger partial charge in [0.2, 0.25) is 0 Å². The Morgan fingerprint density at radius 1 is 1.12 bits per heavy atom. The minimum absolute atomic E-state index is 0.0713. The summed E-state index contributed by atoms with van der Waals surface area (Å²) in [5.74, 6) is 0.749. The molecule has 0 aliphatic carbocycles. The highest BCUT2D eigenvalue weighted by Gasteiger charge is 2.30. The van der Waals surface area contributed by atoms with Crippen LogP contribution in [-0.2, 0) is 19.3 Å². The molecule has 4 rings (SSSR count). The number of fused-ring (bicyclic) bond motifs is 1. The van der Waals surface area contributed by atoms with Crippen molar-refractivity contribution in [2.24, 2.45) is 0 Å². The van der Waals surface area contributed by atoms with E-state index in [1.807, 2.05) is 0 Å². The van der Waals surface area contributed by atoms with E-state index in [0.717, 1.165) is 12.1 Å². The first-order valence-corrected chi connectivity index (χ1v) is 10.2. The summed E-state index contributed by atoms with van der Waals surface area (Å²) >= 11 is 0. The quantitative estimate of drug-likeness (QED) is 0.343. The van der Waals surface area contributed by atoms with Crippen molar-refractivity contribution in [1.29, 1.82) is 0 Å². The first kappa shape index (κ1) is 22.3. The molecular weight excluding hydrogens is 433 g/mol. The van der Waals surface area contributed by atoms with Crippen LogP contribution in [0.3, 0.4) is 0 Å². The van der Waals surface area contributed by atoms with Crippen molar-refractivity contribution in [2.45, 2.75) is 19.3 Å². The second-order valence-electron chi connectivity index (χ2n) is 7.36. The first-order chi connectivity index (χ1) is 15.9. The van der Waals surface area contributed by atoms with Crippen molar-refractivity contribution >= 4 is 16.8 Å². The molecule has 170 valence electrons. The molecule has 33 heavy (non-hydrogen) atoms. The highest BCUT2D eigenvalue weighted by Crippen LogP contribution is 2.32. The van der Waals surface area contributed by atoms with Crippen LogP contribution in [0.2, 0.25) is 0 Å². The molecule has 0 fully saturated rings. The molecule has 0 aliphatic heterocycles. The minimum Gasteiger partial charge on any atom is -0.489 e. The Labute approximate surface area is 188 Å². The molecule has 4 aromatic rings. The Morgan fingerprint density at radius 3 is 2.67 bits per heavy atom. The zero-order valence-corrected chi connectivity index (χ0v) is 17.6. The number of benzene rings is 2. The molecule has 2 aromatic heterocycles. The molecule has 0 unspecified atom stereocenters. The zero-order valence-electron chi connectivity index (χ0n) is 17.6. The first-order valence-electron chi connectivity index (χ1n) is 10.2. The number of halogens is 3. The lowest BCUT2D eigenvalue weighted by Gasteiger charge is -2.13. The summed E-state index contributed by atoms with van der Waals surface area (Å²) in [6.07, 6.45) is -1.34. The Bertz CT molecular complexity index is 1270. The molecule has 0 aliphatic rings. The summed E-state index contributed by atoms with van der Waals surface area (Å²) in [6, 6.07) is 15.5. The minimum atomic E-state index is -4.45. The lowest BCUT2D eigenvalue weighted by atomic mass is 10.1. The van der Waals surface area contributed by atoms with E-state index in [1.54, 1.807) is 53.1 Å². The molecule has 0 bridgehead atoms. The van der Waals surface area contributed by atoms with Gasteiger partial charge in [-0.3, -0.25) is 4.79 Å². The van der Waals surface area contributed by atoms with Gasteiger partial charge in [0.15, 0.2) is 0 Å². The van der Waals surface area contributed by atoms with E-state index in [-0.39, 0.29) is 25.6 Å². The van der Waals surface area contributed by atoms with Crippen LogP contribution >= 0.6 is 0 Å². The Balaban J connectivity index is 1.74. The summed E-state index contributed by atoms with van der Waals surface area (Å²) in [4.78, 5) is 13.1. The van der Waals surface area contributed by atoms with Crippen molar-refractivity contribution < 1.29 is 27.1 Å². The maximum atomic E-state index is 13.2. The number of ether oxygens (including phenoxy) is 1. The van der Waals surface area contributed by atoms with Crippen LogP contribution in [-0.4, -0.2) is 17.1 Å². The number of alkyl halides is 3. The SMILES string of the molecule is C=CCOc1cccc2c1cc(C(=O)NCc1ccco1)n2Cc1cccc(C(F)(F)F)c1. The Kier molecular flexibility index (Phi) is 6.26. The van der Waals surface area contributed by atoms with Gasteiger partial charge in [0.05, 0.1) is 23.9 Å². The molecule has 0 saturated carbocycles. The van der Waals surface area contributed by atoms with Gasteiger partial charge in [-0.1, -0.05) is 30.9 Å². The molecule has 0 spiro atoms. The third kappa shape index (κ3) is 4.95. The molecule has 0 atom stereocenters. The van der Waals surface area contributed by atoms with Crippen LogP contribution < -0.4 is 10.1 Å². The van der Waals surface area contributed by atoms with Crippen molar-refractivity contribution in [3.05, 3.63) is 102 Å². The second-order valence-corrected chi connectivity index (χ2v) is 7.36. The standard InChI is InChI=1S/C25H21F3N2O3/c1-2-11-33-23-10-4-9-21-20(23)14-22(24(31)29-15-19-8-5-12-32-19)30(21)16-17-6-3-7-18(13-17)25(26,27)28/h2-10,12-14H,1,11,15-16H2,(H,29,31). The van der Waals surface area contributed by atoms with Gasteiger partial charge in [-0.05, 0) is 48.0 Å². The predicted octanol–water partition coefficient (Wildman–Crippen LogP) is 5.80. The highest BCUT2D eigenvalue weighted by molar-refractivity contribution is 6.00. The summed E-state index contributed by atoms with van der Waals surface area (Å²) in [6.45, 7) is 4.17. The predicted molar refractivity (Wildman–Crippen MR) is 118 cm³/mol. The van der Waals surface area contributed by atoms with Gasteiger partial charge in [0.25, 0.3) is 5.91 Å². The second kappa shape index (κ2) is 9.28. The van der Waals surface area contributed by atoms with Crippen LogP contribution in [0.5, 0.6) is 5.75 Å². The van der Waals surface area contributed by atoms with E-state index >= 15 is 0 Å². The van der Waals surface area contributed by atoms with Crippen molar-refractivity contribution in [3.63, 3.8) is 0 Å². The molecule has 5 nitrogen and oxygen atoms in total. The normalized spacial score (nSPS) is 11.5. The van der Waals surface area contributed by atoms with Gasteiger partial charge in [-0.25, -0.2) is 0 Å². The van der Waals surface area contributed by atoms with E-state index in [9.17, 15) is 18.0 Å². The topological polar surface area (TPSA) is 56.4 Å². The van der Waals surface area contributed by atoms with Crippen molar-refractivity contribution in [2.75, 3.05) is 6.61 Å². The summed E-state index contributed by atoms with van der Waals surface area (Å²) in [7, 11) is 0. The number of aromatic nitrogens is 1. The van der Waals surface area contributed by atoms with Crippen LogP contribution in [0.15, 0.2) is 84.0 Å². The fourth-order valence-corrected chi connectivity index (χ4v) is 3.59. The molecular formula is C25H21F3N2O3. The fourth-order valence-electron chi connectivity index (χ4n) is 3.59. The Hall–Kier alpha value is -3.94. The third-order valence-electron chi connectivity index (χ3n) is 5.09. The third-order valence-corrected chi connectivity index (χ3v) is 5.09. The van der Waals surface area contributed by atoms with Crippen LogP contribution in [0.25, 0.3) is 10.9 Å². The number of carbonyl (C=O) groups excluding carboxylic acids is 1. The Morgan fingerprint density at radius 2 is 1.94 bits per heavy atom. The zero-order chi connectivity index (χ0) is 23.4. The molecule has 1 amide bonds. The van der Waals surface area contributed by atoms with Gasteiger partial charge in [0.1, 0.15) is 23.8 Å². The van der Waals surface area contributed by atoms with Gasteiger partial charge in [-0.15, -0.1) is 0 Å². The number of carbonyl (C=O) groups is 1. The summed E-state index contributed by atoms with van der Waals surface area (Å²) < 4.78 is 52.3. The molecule has 2 heterocycles. The van der Waals surface area contributed by atoms with E-state index in [4.69, 9.17) is 9.15 Å². The fraction of sp³-hybridized carbons (Fsp3) is 0.160. The molecule has 0 saturated heterocycles. The van der Waals surface area contributed by atoms with E-state index in [2.05, 4.69) is 11.9 Å². The lowest BCUT2D eigenvalue weighted by Crippen LogP contribution is -2.25. The summed E-state index contributed by atoms with van der Waals surface area (Å²) in [5.41, 5.74) is 0.635. The smallest absolute Gasteiger partial charge is 0.416 e. The lowest BCUT2D eigenvalue weighted by molar-refractivity contribution is -0.137. The number of amides is 1. The number of furan rings is 1. The van der Waals surface area contributed by atoms with Crippen LogP contribution in [0, 0.1) is 0 Å². The van der Waals surface area contributed by atoms with E-state index in [0.29, 0.717) is 33.7 Å². The van der Waals surface area contributed by atoms with Crippen LogP contribution in [0.4, 0.5) is 13.2 Å². The van der Waals surface area contributed by atoms with Gasteiger partial charge < -0.3 is 19.0 Å². The molecule has 1 N–H and O–H groups in total. The van der Waals surface area contributed by atoms with Gasteiger partial charge in [-0.2, -0.15) is 13.2 Å². The van der Waals surface area contributed by atoms with Gasteiger partial charge >= 0.3 is 6.18 Å². The van der Waals surface area contributed by atoms with E-state index < -0.39 is 11.7 Å². The van der Waals surface area contributed by atoms with Crippen LogP contribution in [0.1, 0.15) is 27.4 Å². The number of hydrogen-bond acceptors (Lipinski definition) is 3. The van der Waals surface area contributed by atoms with E-state index in [1.165, 1.54) is 12.3 Å². The summed E-state index contributed by atoms with van der Waals surface area (Å²) in [5, 5.41) is 3.47. The van der Waals surface area contributed by atoms with Crippen molar-refractivity contribution in [1.82, 2.24) is 9.88 Å². The molecule has 8 heteroatoms.